The highest BCUT2D eigenvalue weighted by Gasteiger charge is 2.12. The summed E-state index contributed by atoms with van der Waals surface area (Å²) >= 11 is 0. The van der Waals surface area contributed by atoms with Gasteiger partial charge in [-0.2, -0.15) is 0 Å². The Hall–Kier alpha value is -2.37. The molecule has 0 saturated heterocycles. The zero-order valence-electron chi connectivity index (χ0n) is 14.3. The van der Waals surface area contributed by atoms with Crippen LogP contribution in [0.25, 0.3) is 0 Å². The van der Waals surface area contributed by atoms with Gasteiger partial charge < -0.3 is 14.8 Å². The van der Waals surface area contributed by atoms with Crippen molar-refractivity contribution in [1.82, 2.24) is 0 Å². The van der Waals surface area contributed by atoms with Gasteiger partial charge in [-0.3, -0.25) is 9.79 Å². The second kappa shape index (κ2) is 8.31. The van der Waals surface area contributed by atoms with Crippen molar-refractivity contribution >= 4 is 23.8 Å². The molecule has 0 radical (unpaired) electrons. The van der Waals surface area contributed by atoms with Crippen LogP contribution in [0, 0.1) is 5.41 Å². The number of nitrogens with zero attached hydrogens (tertiary/aromatic N) is 1. The van der Waals surface area contributed by atoms with Crippen molar-refractivity contribution in [2.75, 3.05) is 26.1 Å². The minimum Gasteiger partial charge on any atom is -0.495 e. The molecular weight excluding hydrogens is 296 g/mol. The number of carbonyl (C=O) groups excluding carboxylic acids is 2. The number of anilines is 1. The number of hydrogen-bond acceptors (Lipinski definition) is 5. The van der Waals surface area contributed by atoms with Crippen LogP contribution in [0.1, 0.15) is 37.6 Å². The van der Waals surface area contributed by atoms with E-state index in [0.717, 1.165) is 6.42 Å². The predicted molar refractivity (Wildman–Crippen MR) is 90.4 cm³/mol. The van der Waals surface area contributed by atoms with Crippen molar-refractivity contribution < 1.29 is 19.1 Å². The molecule has 0 aliphatic carbocycles. The first-order chi connectivity index (χ1) is 10.8. The predicted octanol–water partition coefficient (Wildman–Crippen LogP) is 2.93. The molecule has 6 heteroatoms. The van der Waals surface area contributed by atoms with Gasteiger partial charge in [0.2, 0.25) is 5.91 Å². The van der Waals surface area contributed by atoms with E-state index in [-0.39, 0.29) is 17.9 Å². The molecule has 0 atom stereocenters. The molecule has 0 aliphatic heterocycles. The Morgan fingerprint density at radius 1 is 1.26 bits per heavy atom. The van der Waals surface area contributed by atoms with Crippen molar-refractivity contribution in [3.05, 3.63) is 23.8 Å². The van der Waals surface area contributed by atoms with E-state index in [2.05, 4.69) is 35.8 Å². The molecule has 6 nitrogen and oxygen atoms in total. The summed E-state index contributed by atoms with van der Waals surface area (Å²) in [5, 5.41) is 2.71. The van der Waals surface area contributed by atoms with E-state index in [4.69, 9.17) is 4.74 Å². The van der Waals surface area contributed by atoms with Gasteiger partial charge in [0.1, 0.15) is 12.3 Å². The number of ether oxygens (including phenoxy) is 2. The number of nitrogens with one attached hydrogen (secondary N) is 1. The highest BCUT2D eigenvalue weighted by molar-refractivity contribution is 5.96. The van der Waals surface area contributed by atoms with Gasteiger partial charge in [0.15, 0.2) is 0 Å². The Bertz CT molecular complexity index is 589. The van der Waals surface area contributed by atoms with E-state index >= 15 is 0 Å². The summed E-state index contributed by atoms with van der Waals surface area (Å²) < 4.78 is 9.84. The first-order valence-corrected chi connectivity index (χ1v) is 7.31. The normalized spacial score (nSPS) is 11.3. The summed E-state index contributed by atoms with van der Waals surface area (Å²) in [6, 6.07) is 4.68. The number of amides is 1. The average Bonchev–Trinajstić information content (AvgIpc) is 2.50. The summed E-state index contributed by atoms with van der Waals surface area (Å²) in [7, 11) is 2.77. The molecule has 0 fully saturated rings. The van der Waals surface area contributed by atoms with E-state index < -0.39 is 5.97 Å². The van der Waals surface area contributed by atoms with Gasteiger partial charge in [-0.1, -0.05) is 20.8 Å². The standard InChI is InChI=1S/C17H24N2O4/c1-17(2,3)8-9-18-11-15(20)19-13-7-6-12(16(21)23-5)10-14(13)22-4/h6-7,9-10H,8,11H2,1-5H3,(H,19,20). The fraction of sp³-hybridized carbons (Fsp3) is 0.471. The average molecular weight is 320 g/mol. The Morgan fingerprint density at radius 2 is 1.96 bits per heavy atom. The van der Waals surface area contributed by atoms with E-state index in [9.17, 15) is 9.59 Å². The Balaban J connectivity index is 2.69. The quantitative estimate of drug-likeness (QED) is 0.646. The molecule has 0 bridgehead atoms. The van der Waals surface area contributed by atoms with Crippen molar-refractivity contribution in [2.45, 2.75) is 27.2 Å². The molecule has 0 heterocycles. The first-order valence-electron chi connectivity index (χ1n) is 7.31. The molecule has 126 valence electrons. The van der Waals surface area contributed by atoms with Gasteiger partial charge in [-0.25, -0.2) is 4.79 Å². The largest absolute Gasteiger partial charge is 0.495 e. The van der Waals surface area contributed by atoms with Gasteiger partial charge in [-0.05, 0) is 36.2 Å². The van der Waals surface area contributed by atoms with Crippen LogP contribution in [0.3, 0.4) is 0 Å². The number of rotatable bonds is 6. The smallest absolute Gasteiger partial charge is 0.337 e. The molecule has 0 aromatic heterocycles. The summed E-state index contributed by atoms with van der Waals surface area (Å²) in [4.78, 5) is 27.5. The molecule has 1 rings (SSSR count). The lowest BCUT2D eigenvalue weighted by atomic mass is 9.93. The van der Waals surface area contributed by atoms with Crippen LogP contribution in [0.4, 0.5) is 5.69 Å². The van der Waals surface area contributed by atoms with Gasteiger partial charge in [0.05, 0.1) is 25.5 Å². The maximum Gasteiger partial charge on any atom is 0.337 e. The monoisotopic (exact) mass is 320 g/mol. The van der Waals surface area contributed by atoms with Crippen LogP contribution >= 0.6 is 0 Å². The van der Waals surface area contributed by atoms with E-state index in [1.807, 2.05) is 0 Å². The number of carbonyl (C=O) groups is 2. The third-order valence-corrected chi connectivity index (χ3v) is 2.96. The first kappa shape index (κ1) is 18.7. The molecule has 1 amide bonds. The molecule has 1 N–H and O–H groups in total. The van der Waals surface area contributed by atoms with Crippen LogP contribution in [0.5, 0.6) is 5.75 Å². The molecule has 1 aromatic rings. The van der Waals surface area contributed by atoms with Gasteiger partial charge >= 0.3 is 5.97 Å². The topological polar surface area (TPSA) is 77.0 Å². The number of methoxy groups -OCH3 is 2. The van der Waals surface area contributed by atoms with Gasteiger partial charge in [0.25, 0.3) is 0 Å². The van der Waals surface area contributed by atoms with E-state index in [1.165, 1.54) is 20.3 Å². The lowest BCUT2D eigenvalue weighted by Gasteiger charge is -2.14. The fourth-order valence-electron chi connectivity index (χ4n) is 1.71. The minimum atomic E-state index is -0.465. The van der Waals surface area contributed by atoms with Crippen LogP contribution in [0.2, 0.25) is 0 Å². The third-order valence-electron chi connectivity index (χ3n) is 2.96. The van der Waals surface area contributed by atoms with E-state index in [1.54, 1.807) is 18.3 Å². The maximum absolute atomic E-state index is 11.9. The Morgan fingerprint density at radius 3 is 2.52 bits per heavy atom. The summed E-state index contributed by atoms with van der Waals surface area (Å²) in [5.74, 6) is -0.327. The number of aliphatic imine (C=N–C) groups is 1. The number of benzene rings is 1. The number of hydrogen-bond donors (Lipinski definition) is 1. The molecule has 0 saturated carbocycles. The van der Waals surface area contributed by atoms with Gasteiger partial charge in [0, 0.05) is 0 Å². The van der Waals surface area contributed by atoms with Crippen LogP contribution in [-0.2, 0) is 9.53 Å². The molecular formula is C17H24N2O4. The van der Waals surface area contributed by atoms with Crippen LogP contribution in [0.15, 0.2) is 23.2 Å². The summed E-state index contributed by atoms with van der Waals surface area (Å²) in [5.41, 5.74) is 0.981. The molecule has 0 unspecified atom stereocenters. The van der Waals surface area contributed by atoms with Crippen molar-refractivity contribution in [1.29, 1.82) is 0 Å². The third kappa shape index (κ3) is 6.50. The van der Waals surface area contributed by atoms with Crippen LogP contribution in [-0.4, -0.2) is 38.9 Å². The maximum atomic E-state index is 11.9. The summed E-state index contributed by atoms with van der Waals surface area (Å²) in [6.45, 7) is 6.35. The number of esters is 1. The zero-order chi connectivity index (χ0) is 17.5. The van der Waals surface area contributed by atoms with Crippen LogP contribution < -0.4 is 10.1 Å². The Labute approximate surface area is 136 Å². The lowest BCUT2D eigenvalue weighted by molar-refractivity contribution is -0.114. The lowest BCUT2D eigenvalue weighted by Crippen LogP contribution is -2.16. The molecule has 0 spiro atoms. The SMILES string of the molecule is COC(=O)c1ccc(NC(=O)CN=CCC(C)(C)C)c(OC)c1. The zero-order valence-corrected chi connectivity index (χ0v) is 14.3. The van der Waals surface area contributed by atoms with Crippen molar-refractivity contribution in [3.63, 3.8) is 0 Å². The van der Waals surface area contributed by atoms with Crippen molar-refractivity contribution in [2.24, 2.45) is 10.4 Å². The molecule has 0 aliphatic rings. The highest BCUT2D eigenvalue weighted by atomic mass is 16.5. The summed E-state index contributed by atoms with van der Waals surface area (Å²) in [6.07, 6.45) is 2.56. The second-order valence-electron chi connectivity index (χ2n) is 6.24. The Kier molecular flexibility index (Phi) is 6.75. The van der Waals surface area contributed by atoms with E-state index in [0.29, 0.717) is 17.0 Å². The molecule has 1 aromatic carbocycles. The minimum absolute atomic E-state index is 0.0397. The fourth-order valence-corrected chi connectivity index (χ4v) is 1.71. The van der Waals surface area contributed by atoms with Gasteiger partial charge in [-0.15, -0.1) is 0 Å². The highest BCUT2D eigenvalue weighted by Crippen LogP contribution is 2.25. The van der Waals surface area contributed by atoms with Crippen molar-refractivity contribution in [3.8, 4) is 5.75 Å². The molecule has 23 heavy (non-hydrogen) atoms. The second-order valence-corrected chi connectivity index (χ2v) is 6.24.